The summed E-state index contributed by atoms with van der Waals surface area (Å²) < 4.78 is 3.11. The fraction of sp³-hybridized carbons (Fsp3) is 0.350. The monoisotopic (exact) mass is 426 g/mol. The van der Waals surface area contributed by atoms with Crippen LogP contribution in [0.25, 0.3) is 5.65 Å². The quantitative estimate of drug-likeness (QED) is 0.485. The van der Waals surface area contributed by atoms with Crippen molar-refractivity contribution in [3.63, 3.8) is 0 Å². The first-order chi connectivity index (χ1) is 13.2. The van der Waals surface area contributed by atoms with Crippen molar-refractivity contribution in [1.29, 1.82) is 0 Å². The van der Waals surface area contributed by atoms with Gasteiger partial charge in [-0.1, -0.05) is 40.5 Å². The van der Waals surface area contributed by atoms with Crippen molar-refractivity contribution >= 4 is 27.5 Å². The van der Waals surface area contributed by atoms with E-state index < -0.39 is 0 Å². The fourth-order valence-corrected chi connectivity index (χ4v) is 4.04. The van der Waals surface area contributed by atoms with E-state index in [1.54, 1.807) is 7.05 Å². The Labute approximate surface area is 167 Å². The lowest BCUT2D eigenvalue weighted by Gasteiger charge is -2.43. The molecule has 1 aromatic carbocycles. The third kappa shape index (κ3) is 3.69. The Morgan fingerprint density at radius 1 is 1.19 bits per heavy atom. The third-order valence-electron chi connectivity index (χ3n) is 5.36. The molecule has 1 fully saturated rings. The van der Waals surface area contributed by atoms with E-state index in [9.17, 15) is 0 Å². The van der Waals surface area contributed by atoms with Gasteiger partial charge in [0.25, 0.3) is 0 Å². The van der Waals surface area contributed by atoms with Gasteiger partial charge >= 0.3 is 0 Å². The molecule has 140 valence electrons. The van der Waals surface area contributed by atoms with Crippen LogP contribution in [0.15, 0.2) is 58.1 Å². The Hall–Kier alpha value is -2.41. The molecular weight excluding hydrogens is 404 g/mol. The molecule has 6 nitrogen and oxygen atoms in total. The van der Waals surface area contributed by atoms with Crippen molar-refractivity contribution in [2.75, 3.05) is 13.6 Å². The summed E-state index contributed by atoms with van der Waals surface area (Å²) in [7, 11) is 1.80. The SMILES string of the molecule is CN=C(NCc1nnc2ccccn12)NCC1(c2cccc(Br)c2)CCC1. The van der Waals surface area contributed by atoms with Crippen LogP contribution in [0.5, 0.6) is 0 Å². The van der Waals surface area contributed by atoms with Crippen molar-refractivity contribution in [2.45, 2.75) is 31.2 Å². The number of hydrogen-bond donors (Lipinski definition) is 2. The van der Waals surface area contributed by atoms with Crippen molar-refractivity contribution < 1.29 is 0 Å². The van der Waals surface area contributed by atoms with Crippen LogP contribution in [0.1, 0.15) is 30.7 Å². The summed E-state index contributed by atoms with van der Waals surface area (Å²) in [5, 5.41) is 15.3. The van der Waals surface area contributed by atoms with Gasteiger partial charge in [0.15, 0.2) is 17.4 Å². The summed E-state index contributed by atoms with van der Waals surface area (Å²) in [6.07, 6.45) is 5.63. The Balaban J connectivity index is 1.40. The lowest BCUT2D eigenvalue weighted by Crippen LogP contribution is -2.48. The zero-order chi connectivity index (χ0) is 18.7. The van der Waals surface area contributed by atoms with Gasteiger partial charge in [0.05, 0.1) is 6.54 Å². The molecule has 0 radical (unpaired) electrons. The molecular formula is C20H23BrN6. The van der Waals surface area contributed by atoms with Crippen LogP contribution in [0.2, 0.25) is 0 Å². The molecule has 0 amide bonds. The van der Waals surface area contributed by atoms with Crippen LogP contribution >= 0.6 is 15.9 Å². The number of nitrogens with one attached hydrogen (secondary N) is 2. The summed E-state index contributed by atoms with van der Waals surface area (Å²) >= 11 is 3.60. The lowest BCUT2D eigenvalue weighted by molar-refractivity contribution is 0.243. The Kier molecular flexibility index (Phi) is 5.11. The first-order valence-electron chi connectivity index (χ1n) is 9.19. The maximum Gasteiger partial charge on any atom is 0.191 e. The molecule has 0 unspecified atom stereocenters. The van der Waals surface area contributed by atoms with Crippen molar-refractivity contribution in [3.8, 4) is 0 Å². The summed E-state index contributed by atoms with van der Waals surface area (Å²) in [4.78, 5) is 4.37. The number of halogens is 1. The van der Waals surface area contributed by atoms with Gasteiger partial charge < -0.3 is 10.6 Å². The molecule has 0 aliphatic heterocycles. The standard InChI is InChI=1S/C20H23BrN6/c1-22-19(23-13-18-26-25-17-8-2-3-11-27(17)18)24-14-20(9-5-10-20)15-6-4-7-16(21)12-15/h2-4,6-8,11-12H,5,9-10,13-14H2,1H3,(H2,22,23,24). The van der Waals surface area contributed by atoms with Crippen LogP contribution in [0.3, 0.4) is 0 Å². The molecule has 0 spiro atoms. The molecule has 4 rings (SSSR count). The number of rotatable bonds is 5. The first-order valence-corrected chi connectivity index (χ1v) is 9.99. The molecule has 3 aromatic rings. The van der Waals surface area contributed by atoms with E-state index in [0.717, 1.165) is 28.4 Å². The van der Waals surface area contributed by atoms with Gasteiger partial charge in [-0.2, -0.15) is 0 Å². The number of pyridine rings is 1. The van der Waals surface area contributed by atoms with E-state index in [-0.39, 0.29) is 5.41 Å². The number of aromatic nitrogens is 3. The van der Waals surface area contributed by atoms with E-state index in [0.29, 0.717) is 6.54 Å². The summed E-state index contributed by atoms with van der Waals surface area (Å²) in [5.74, 6) is 1.64. The second kappa shape index (κ2) is 7.68. The topological polar surface area (TPSA) is 66.6 Å². The van der Waals surface area contributed by atoms with E-state index in [4.69, 9.17) is 0 Å². The van der Waals surface area contributed by atoms with E-state index in [2.05, 4.69) is 66.0 Å². The number of aliphatic imine (C=N–C) groups is 1. The van der Waals surface area contributed by atoms with Crippen LogP contribution in [0.4, 0.5) is 0 Å². The van der Waals surface area contributed by atoms with Crippen molar-refractivity contribution in [1.82, 2.24) is 25.2 Å². The van der Waals surface area contributed by atoms with Gasteiger partial charge in [0.1, 0.15) is 0 Å². The molecule has 2 aromatic heterocycles. The molecule has 0 saturated heterocycles. The predicted molar refractivity (Wildman–Crippen MR) is 111 cm³/mol. The molecule has 27 heavy (non-hydrogen) atoms. The third-order valence-corrected chi connectivity index (χ3v) is 5.86. The van der Waals surface area contributed by atoms with E-state index >= 15 is 0 Å². The first kappa shape index (κ1) is 18.0. The molecule has 0 bridgehead atoms. The van der Waals surface area contributed by atoms with Crippen LogP contribution in [-0.4, -0.2) is 34.2 Å². The highest BCUT2D eigenvalue weighted by Crippen LogP contribution is 2.43. The lowest BCUT2D eigenvalue weighted by atomic mass is 9.64. The zero-order valence-corrected chi connectivity index (χ0v) is 16.9. The zero-order valence-electron chi connectivity index (χ0n) is 15.3. The van der Waals surface area contributed by atoms with Crippen LogP contribution in [0, 0.1) is 0 Å². The molecule has 2 heterocycles. The number of fused-ring (bicyclic) bond motifs is 1. The van der Waals surface area contributed by atoms with E-state index in [1.165, 1.54) is 24.8 Å². The highest BCUT2D eigenvalue weighted by Gasteiger charge is 2.38. The van der Waals surface area contributed by atoms with E-state index in [1.807, 2.05) is 28.8 Å². The summed E-state index contributed by atoms with van der Waals surface area (Å²) in [6, 6.07) is 14.5. The largest absolute Gasteiger partial charge is 0.356 e. The number of nitrogens with zero attached hydrogens (tertiary/aromatic N) is 4. The molecule has 1 aliphatic rings. The maximum absolute atomic E-state index is 4.37. The Bertz CT molecular complexity index is 960. The molecule has 7 heteroatoms. The number of benzene rings is 1. The molecule has 1 aliphatic carbocycles. The number of hydrogen-bond acceptors (Lipinski definition) is 3. The van der Waals surface area contributed by atoms with Gasteiger partial charge in [-0.05, 0) is 42.7 Å². The normalized spacial score (nSPS) is 16.1. The highest BCUT2D eigenvalue weighted by atomic mass is 79.9. The highest BCUT2D eigenvalue weighted by molar-refractivity contribution is 9.10. The molecule has 0 atom stereocenters. The van der Waals surface area contributed by atoms with Crippen LogP contribution in [-0.2, 0) is 12.0 Å². The Morgan fingerprint density at radius 3 is 2.81 bits per heavy atom. The van der Waals surface area contributed by atoms with Crippen molar-refractivity contribution in [2.24, 2.45) is 4.99 Å². The predicted octanol–water partition coefficient (Wildman–Crippen LogP) is 3.28. The molecule has 1 saturated carbocycles. The Morgan fingerprint density at radius 2 is 2.07 bits per heavy atom. The second-order valence-corrected chi connectivity index (χ2v) is 7.88. The second-order valence-electron chi connectivity index (χ2n) is 6.97. The van der Waals surface area contributed by atoms with Crippen molar-refractivity contribution in [3.05, 3.63) is 64.5 Å². The smallest absolute Gasteiger partial charge is 0.191 e. The number of guanidine groups is 1. The summed E-state index contributed by atoms with van der Waals surface area (Å²) in [6.45, 7) is 1.43. The van der Waals surface area contributed by atoms with Gasteiger partial charge in [0.2, 0.25) is 0 Å². The minimum absolute atomic E-state index is 0.183. The average molecular weight is 427 g/mol. The van der Waals surface area contributed by atoms with Crippen LogP contribution < -0.4 is 10.6 Å². The van der Waals surface area contributed by atoms with Gasteiger partial charge in [0, 0.05) is 29.7 Å². The minimum atomic E-state index is 0.183. The summed E-state index contributed by atoms with van der Waals surface area (Å²) in [5.41, 5.74) is 2.41. The van der Waals surface area contributed by atoms with Gasteiger partial charge in [-0.3, -0.25) is 9.39 Å². The minimum Gasteiger partial charge on any atom is -0.356 e. The maximum atomic E-state index is 4.37. The van der Waals surface area contributed by atoms with Gasteiger partial charge in [-0.25, -0.2) is 0 Å². The van der Waals surface area contributed by atoms with Gasteiger partial charge in [-0.15, -0.1) is 10.2 Å². The molecule has 2 N–H and O–H groups in total. The fourth-order valence-electron chi connectivity index (χ4n) is 3.64. The average Bonchev–Trinajstić information content (AvgIpc) is 3.06.